The zero-order valence-electron chi connectivity index (χ0n) is 11.7. The molecule has 0 radical (unpaired) electrons. The average molecular weight is 296 g/mol. The van der Waals surface area contributed by atoms with Gasteiger partial charge in [-0.2, -0.15) is 11.8 Å². The van der Waals surface area contributed by atoms with Crippen molar-refractivity contribution in [2.75, 3.05) is 12.0 Å². The van der Waals surface area contributed by atoms with Crippen molar-refractivity contribution in [1.29, 1.82) is 0 Å². The second kappa shape index (κ2) is 8.47. The van der Waals surface area contributed by atoms with Crippen LogP contribution in [0.3, 0.4) is 0 Å². The molecule has 0 fully saturated rings. The normalized spacial score (nSPS) is 11.7. The molecule has 110 valence electrons. The molecule has 1 unspecified atom stereocenters. The first-order valence-corrected chi connectivity index (χ1v) is 7.78. The van der Waals surface area contributed by atoms with Gasteiger partial charge in [0.25, 0.3) is 0 Å². The number of nitrogens with one attached hydrogen (secondary N) is 2. The molecular formula is C14H20N2O3S. The molecule has 0 saturated heterocycles. The molecule has 5 nitrogen and oxygen atoms in total. The number of carbonyl (C=O) groups excluding carboxylic acids is 1. The molecule has 1 atom stereocenters. The summed E-state index contributed by atoms with van der Waals surface area (Å²) in [5.41, 5.74) is 1.10. The molecule has 20 heavy (non-hydrogen) atoms. The van der Waals surface area contributed by atoms with Crippen LogP contribution < -0.4 is 10.6 Å². The number of carbonyl (C=O) groups is 2. The largest absolute Gasteiger partial charge is 0.478 e. The van der Waals surface area contributed by atoms with Crippen molar-refractivity contribution >= 4 is 23.8 Å². The van der Waals surface area contributed by atoms with E-state index in [1.165, 1.54) is 12.1 Å². The zero-order chi connectivity index (χ0) is 15.0. The fraction of sp³-hybridized carbons (Fsp3) is 0.429. The number of rotatable bonds is 7. The fourth-order valence-corrected chi connectivity index (χ4v) is 2.18. The molecule has 0 aliphatic carbocycles. The van der Waals surface area contributed by atoms with Gasteiger partial charge in [-0.1, -0.05) is 12.1 Å². The summed E-state index contributed by atoms with van der Waals surface area (Å²) in [6.07, 6.45) is 2.97. The van der Waals surface area contributed by atoms with Crippen LogP contribution in [0.5, 0.6) is 0 Å². The SMILES string of the molecule is CSCCC(C)NC(=O)NCc1ccc(C(=O)O)cc1. The molecular weight excluding hydrogens is 276 g/mol. The van der Waals surface area contributed by atoms with Crippen molar-refractivity contribution in [3.63, 3.8) is 0 Å². The van der Waals surface area contributed by atoms with Gasteiger partial charge in [0.2, 0.25) is 0 Å². The second-order valence-electron chi connectivity index (χ2n) is 4.51. The van der Waals surface area contributed by atoms with Crippen LogP contribution in [0.1, 0.15) is 29.3 Å². The van der Waals surface area contributed by atoms with E-state index < -0.39 is 5.97 Å². The van der Waals surface area contributed by atoms with E-state index >= 15 is 0 Å². The van der Waals surface area contributed by atoms with Gasteiger partial charge in [-0.25, -0.2) is 9.59 Å². The Bertz CT molecular complexity index is 448. The van der Waals surface area contributed by atoms with Gasteiger partial charge in [0.1, 0.15) is 0 Å². The van der Waals surface area contributed by atoms with Crippen LogP contribution in [0.4, 0.5) is 4.79 Å². The van der Waals surface area contributed by atoms with Crippen molar-refractivity contribution in [2.45, 2.75) is 25.9 Å². The Morgan fingerprint density at radius 1 is 1.30 bits per heavy atom. The summed E-state index contributed by atoms with van der Waals surface area (Å²) in [6, 6.07) is 6.37. The average Bonchev–Trinajstić information content (AvgIpc) is 2.43. The third kappa shape index (κ3) is 5.97. The molecule has 6 heteroatoms. The fourth-order valence-electron chi connectivity index (χ4n) is 1.59. The maximum atomic E-state index is 11.6. The summed E-state index contributed by atoms with van der Waals surface area (Å²) >= 11 is 1.75. The highest BCUT2D eigenvalue weighted by Crippen LogP contribution is 2.04. The molecule has 1 aromatic carbocycles. The van der Waals surface area contributed by atoms with Crippen molar-refractivity contribution in [1.82, 2.24) is 10.6 Å². The second-order valence-corrected chi connectivity index (χ2v) is 5.50. The van der Waals surface area contributed by atoms with E-state index in [4.69, 9.17) is 5.11 Å². The Hall–Kier alpha value is -1.69. The van der Waals surface area contributed by atoms with Gasteiger partial charge < -0.3 is 15.7 Å². The molecule has 0 heterocycles. The van der Waals surface area contributed by atoms with Gasteiger partial charge >= 0.3 is 12.0 Å². The minimum Gasteiger partial charge on any atom is -0.478 e. The van der Waals surface area contributed by atoms with Gasteiger partial charge in [0.15, 0.2) is 0 Å². The lowest BCUT2D eigenvalue weighted by atomic mass is 10.1. The van der Waals surface area contributed by atoms with Crippen LogP contribution in [0.2, 0.25) is 0 Å². The Kier molecular flexibility index (Phi) is 6.93. The van der Waals surface area contributed by atoms with E-state index in [9.17, 15) is 9.59 Å². The van der Waals surface area contributed by atoms with Crippen molar-refractivity contribution in [3.8, 4) is 0 Å². The number of amides is 2. The molecule has 1 aromatic rings. The van der Waals surface area contributed by atoms with Gasteiger partial charge in [0.05, 0.1) is 5.56 Å². The molecule has 2 amide bonds. The first-order chi connectivity index (χ1) is 9.52. The van der Waals surface area contributed by atoms with E-state index in [-0.39, 0.29) is 17.6 Å². The highest BCUT2D eigenvalue weighted by Gasteiger charge is 2.07. The van der Waals surface area contributed by atoms with E-state index in [2.05, 4.69) is 10.6 Å². The van der Waals surface area contributed by atoms with Crippen molar-refractivity contribution in [2.24, 2.45) is 0 Å². The van der Waals surface area contributed by atoms with E-state index in [0.29, 0.717) is 6.54 Å². The molecule has 3 N–H and O–H groups in total. The minimum absolute atomic E-state index is 0.136. The van der Waals surface area contributed by atoms with Gasteiger partial charge in [-0.3, -0.25) is 0 Å². The van der Waals surface area contributed by atoms with E-state index in [1.54, 1.807) is 23.9 Å². The van der Waals surface area contributed by atoms with Gasteiger partial charge in [0, 0.05) is 12.6 Å². The quantitative estimate of drug-likeness (QED) is 0.721. The summed E-state index contributed by atoms with van der Waals surface area (Å²) in [5.74, 6) is 0.0582. The lowest BCUT2D eigenvalue weighted by Crippen LogP contribution is -2.40. The first kappa shape index (κ1) is 16.4. The lowest BCUT2D eigenvalue weighted by molar-refractivity contribution is 0.0697. The summed E-state index contributed by atoms with van der Waals surface area (Å²) in [6.45, 7) is 2.35. The highest BCUT2D eigenvalue weighted by molar-refractivity contribution is 7.98. The third-order valence-electron chi connectivity index (χ3n) is 2.79. The number of carboxylic acid groups (broad SMARTS) is 1. The summed E-state index contributed by atoms with van der Waals surface area (Å²) in [4.78, 5) is 22.3. The lowest BCUT2D eigenvalue weighted by Gasteiger charge is -2.14. The summed E-state index contributed by atoms with van der Waals surface area (Å²) in [7, 11) is 0. The summed E-state index contributed by atoms with van der Waals surface area (Å²) in [5, 5.41) is 14.4. The monoisotopic (exact) mass is 296 g/mol. The standard InChI is InChI=1S/C14H20N2O3S/c1-10(7-8-20-2)16-14(19)15-9-11-3-5-12(6-4-11)13(17)18/h3-6,10H,7-9H2,1-2H3,(H,17,18)(H2,15,16,19). The topological polar surface area (TPSA) is 78.4 Å². The number of urea groups is 1. The van der Waals surface area contributed by atoms with Gasteiger partial charge in [-0.15, -0.1) is 0 Å². The number of aromatic carboxylic acids is 1. The highest BCUT2D eigenvalue weighted by atomic mass is 32.2. The zero-order valence-corrected chi connectivity index (χ0v) is 12.5. The van der Waals surface area contributed by atoms with Gasteiger partial charge in [-0.05, 0) is 43.0 Å². The molecule has 0 aliphatic heterocycles. The molecule has 0 bridgehead atoms. The van der Waals surface area contributed by atoms with E-state index in [0.717, 1.165) is 17.7 Å². The predicted molar refractivity (Wildman–Crippen MR) is 81.2 cm³/mol. The molecule has 0 aromatic heterocycles. The van der Waals surface area contributed by atoms with Crippen LogP contribution >= 0.6 is 11.8 Å². The first-order valence-electron chi connectivity index (χ1n) is 6.38. The Morgan fingerprint density at radius 2 is 1.95 bits per heavy atom. The van der Waals surface area contributed by atoms with Crippen LogP contribution in [-0.2, 0) is 6.54 Å². The maximum Gasteiger partial charge on any atom is 0.335 e. The summed E-state index contributed by atoms with van der Waals surface area (Å²) < 4.78 is 0. The van der Waals surface area contributed by atoms with Crippen LogP contribution in [-0.4, -0.2) is 35.2 Å². The molecule has 0 saturated carbocycles. The predicted octanol–water partition coefficient (Wildman–Crippen LogP) is 2.33. The van der Waals surface area contributed by atoms with E-state index in [1.807, 2.05) is 13.2 Å². The Balaban J connectivity index is 2.35. The number of benzene rings is 1. The molecule has 0 spiro atoms. The van der Waals surface area contributed by atoms with Crippen LogP contribution in [0.25, 0.3) is 0 Å². The third-order valence-corrected chi connectivity index (χ3v) is 3.43. The number of hydrogen-bond acceptors (Lipinski definition) is 3. The number of hydrogen-bond donors (Lipinski definition) is 3. The molecule has 0 aliphatic rings. The maximum absolute atomic E-state index is 11.6. The smallest absolute Gasteiger partial charge is 0.335 e. The Morgan fingerprint density at radius 3 is 2.50 bits per heavy atom. The van der Waals surface area contributed by atoms with Crippen LogP contribution in [0, 0.1) is 0 Å². The number of carboxylic acids is 1. The Labute approximate surface area is 123 Å². The molecule has 1 rings (SSSR count). The van der Waals surface area contributed by atoms with Crippen LogP contribution in [0.15, 0.2) is 24.3 Å². The minimum atomic E-state index is -0.954. The number of thioether (sulfide) groups is 1. The van der Waals surface area contributed by atoms with Crippen molar-refractivity contribution in [3.05, 3.63) is 35.4 Å². The van der Waals surface area contributed by atoms with Crippen molar-refractivity contribution < 1.29 is 14.7 Å².